The highest BCUT2D eigenvalue weighted by atomic mass is 32.1. The maximum absolute atomic E-state index is 5.80. The summed E-state index contributed by atoms with van der Waals surface area (Å²) in [6, 6.07) is 15.2. The van der Waals surface area contributed by atoms with Gasteiger partial charge in [-0.25, -0.2) is 0 Å². The second-order valence-corrected chi connectivity index (χ2v) is 5.32. The fourth-order valence-electron chi connectivity index (χ4n) is 1.93. The van der Waals surface area contributed by atoms with E-state index in [9.17, 15) is 0 Å². The Bertz CT molecular complexity index is 612. The summed E-state index contributed by atoms with van der Waals surface area (Å²) in [5, 5.41) is 6.90. The van der Waals surface area contributed by atoms with Gasteiger partial charge >= 0.3 is 0 Å². The van der Waals surface area contributed by atoms with Crippen molar-refractivity contribution in [1.82, 2.24) is 5.32 Å². The van der Waals surface area contributed by atoms with Crippen molar-refractivity contribution in [1.29, 1.82) is 0 Å². The van der Waals surface area contributed by atoms with Gasteiger partial charge in [-0.05, 0) is 74.1 Å². The van der Waals surface area contributed by atoms with Crippen LogP contribution in [0.3, 0.4) is 0 Å². The van der Waals surface area contributed by atoms with Crippen molar-refractivity contribution in [2.24, 2.45) is 0 Å². The van der Waals surface area contributed by atoms with Crippen molar-refractivity contribution in [3.63, 3.8) is 0 Å². The predicted octanol–water partition coefficient (Wildman–Crippen LogP) is 4.57. The Morgan fingerprint density at radius 2 is 1.48 bits per heavy atom. The van der Waals surface area contributed by atoms with Gasteiger partial charge in [0, 0.05) is 12.2 Å². The van der Waals surface area contributed by atoms with E-state index in [1.807, 2.05) is 55.5 Å². The Morgan fingerprint density at radius 3 is 2.04 bits per heavy atom. The van der Waals surface area contributed by atoms with Gasteiger partial charge in [0.15, 0.2) is 5.11 Å². The second-order valence-electron chi connectivity index (χ2n) is 4.91. The average molecular weight is 330 g/mol. The first-order chi connectivity index (χ1) is 11.2. The van der Waals surface area contributed by atoms with Crippen molar-refractivity contribution in [2.45, 2.75) is 20.3 Å². The van der Waals surface area contributed by atoms with E-state index in [-0.39, 0.29) is 0 Å². The molecule has 0 heterocycles. The molecule has 122 valence electrons. The van der Waals surface area contributed by atoms with E-state index in [0.29, 0.717) is 11.7 Å². The Morgan fingerprint density at radius 1 is 0.913 bits per heavy atom. The molecule has 0 radical (unpaired) electrons. The van der Waals surface area contributed by atoms with E-state index in [4.69, 9.17) is 21.7 Å². The fourth-order valence-corrected chi connectivity index (χ4v) is 2.15. The summed E-state index contributed by atoms with van der Waals surface area (Å²) in [5.74, 6) is 2.38. The van der Waals surface area contributed by atoms with Crippen LogP contribution in [0.5, 0.6) is 17.2 Å². The molecular formula is C18H22N2O2S. The summed E-state index contributed by atoms with van der Waals surface area (Å²) in [6.45, 7) is 5.58. The van der Waals surface area contributed by atoms with Gasteiger partial charge in [-0.2, -0.15) is 0 Å². The molecule has 0 aliphatic carbocycles. The summed E-state index contributed by atoms with van der Waals surface area (Å²) < 4.78 is 11.2. The lowest BCUT2D eigenvalue weighted by Crippen LogP contribution is -2.28. The van der Waals surface area contributed by atoms with Crippen molar-refractivity contribution in [3.8, 4) is 17.2 Å². The van der Waals surface area contributed by atoms with Crippen LogP contribution in [0.4, 0.5) is 5.69 Å². The summed E-state index contributed by atoms with van der Waals surface area (Å²) >= 11 is 5.21. The topological polar surface area (TPSA) is 42.5 Å². The molecule has 0 unspecified atom stereocenters. The summed E-state index contributed by atoms with van der Waals surface area (Å²) in [5.41, 5.74) is 0.928. The highest BCUT2D eigenvalue weighted by molar-refractivity contribution is 7.80. The van der Waals surface area contributed by atoms with E-state index in [1.165, 1.54) is 0 Å². The highest BCUT2D eigenvalue weighted by Crippen LogP contribution is 2.25. The molecule has 2 aromatic carbocycles. The largest absolute Gasteiger partial charge is 0.494 e. The van der Waals surface area contributed by atoms with Crippen LogP contribution < -0.4 is 20.1 Å². The van der Waals surface area contributed by atoms with Gasteiger partial charge in [0.25, 0.3) is 0 Å². The van der Waals surface area contributed by atoms with Crippen LogP contribution in [0.2, 0.25) is 0 Å². The number of nitrogens with one attached hydrogen (secondary N) is 2. The Hall–Kier alpha value is -2.27. The lowest BCUT2D eigenvalue weighted by molar-refractivity contribution is 0.339. The number of ether oxygens (including phenoxy) is 2. The monoisotopic (exact) mass is 330 g/mol. The van der Waals surface area contributed by atoms with Crippen LogP contribution in [-0.2, 0) is 0 Å². The third kappa shape index (κ3) is 5.79. The molecule has 0 amide bonds. The lowest BCUT2D eigenvalue weighted by Gasteiger charge is -2.11. The zero-order chi connectivity index (χ0) is 16.5. The van der Waals surface area contributed by atoms with E-state index >= 15 is 0 Å². The predicted molar refractivity (Wildman–Crippen MR) is 98.6 cm³/mol. The molecule has 0 atom stereocenters. The van der Waals surface area contributed by atoms with Crippen molar-refractivity contribution < 1.29 is 9.47 Å². The highest BCUT2D eigenvalue weighted by Gasteiger charge is 2.00. The minimum Gasteiger partial charge on any atom is -0.494 e. The number of hydrogen-bond donors (Lipinski definition) is 2. The fraction of sp³-hybridized carbons (Fsp3) is 0.278. The van der Waals surface area contributed by atoms with Crippen LogP contribution in [0, 0.1) is 0 Å². The minimum atomic E-state index is 0.632. The third-order valence-electron chi connectivity index (χ3n) is 3.02. The average Bonchev–Trinajstić information content (AvgIpc) is 2.57. The van der Waals surface area contributed by atoms with Crippen LogP contribution >= 0.6 is 12.2 Å². The first-order valence-electron chi connectivity index (χ1n) is 7.77. The molecule has 0 aliphatic heterocycles. The summed E-state index contributed by atoms with van der Waals surface area (Å²) in [7, 11) is 0. The van der Waals surface area contributed by atoms with Crippen LogP contribution in [0.15, 0.2) is 48.5 Å². The molecule has 0 aliphatic rings. The maximum Gasteiger partial charge on any atom is 0.170 e. The molecule has 2 N–H and O–H groups in total. The number of rotatable bonds is 7. The van der Waals surface area contributed by atoms with Crippen LogP contribution in [-0.4, -0.2) is 18.3 Å². The smallest absolute Gasteiger partial charge is 0.170 e. The molecule has 5 heteroatoms. The van der Waals surface area contributed by atoms with Gasteiger partial charge in [0.2, 0.25) is 0 Å². The van der Waals surface area contributed by atoms with Crippen molar-refractivity contribution in [3.05, 3.63) is 48.5 Å². The first-order valence-corrected chi connectivity index (χ1v) is 8.17. The number of hydrogen-bond acceptors (Lipinski definition) is 3. The van der Waals surface area contributed by atoms with Gasteiger partial charge in [0.05, 0.1) is 6.61 Å². The van der Waals surface area contributed by atoms with E-state index in [0.717, 1.165) is 35.9 Å². The van der Waals surface area contributed by atoms with E-state index < -0.39 is 0 Å². The van der Waals surface area contributed by atoms with E-state index in [1.54, 1.807) is 0 Å². The molecule has 23 heavy (non-hydrogen) atoms. The molecule has 0 aromatic heterocycles. The maximum atomic E-state index is 5.80. The molecule has 0 saturated carbocycles. The van der Waals surface area contributed by atoms with Crippen LogP contribution in [0.1, 0.15) is 20.3 Å². The van der Waals surface area contributed by atoms with Gasteiger partial charge in [-0.1, -0.05) is 6.92 Å². The zero-order valence-corrected chi connectivity index (χ0v) is 14.3. The number of benzene rings is 2. The van der Waals surface area contributed by atoms with Gasteiger partial charge in [0.1, 0.15) is 17.2 Å². The normalized spacial score (nSPS) is 10.0. The molecule has 0 spiro atoms. The number of anilines is 1. The number of thiocarbonyl (C=S) groups is 1. The van der Waals surface area contributed by atoms with Crippen molar-refractivity contribution in [2.75, 3.05) is 18.5 Å². The standard InChI is InChI=1S/C18H22N2O2S/c1-3-13-19-18(23)20-14-5-7-16(8-6-14)22-17-11-9-15(10-12-17)21-4-2/h5-12H,3-4,13H2,1-2H3,(H2,19,20,23). The Kier molecular flexibility index (Phi) is 6.69. The minimum absolute atomic E-state index is 0.632. The quantitative estimate of drug-likeness (QED) is 0.728. The second kappa shape index (κ2) is 9.00. The Labute approximate surface area is 142 Å². The summed E-state index contributed by atoms with van der Waals surface area (Å²) in [4.78, 5) is 0. The zero-order valence-electron chi connectivity index (χ0n) is 13.5. The van der Waals surface area contributed by atoms with Crippen LogP contribution in [0.25, 0.3) is 0 Å². The molecule has 0 fully saturated rings. The molecule has 0 bridgehead atoms. The van der Waals surface area contributed by atoms with E-state index in [2.05, 4.69) is 17.6 Å². The van der Waals surface area contributed by atoms with Gasteiger partial charge < -0.3 is 20.1 Å². The molecule has 0 saturated heterocycles. The molecule has 2 aromatic rings. The Balaban J connectivity index is 1.90. The first kappa shape index (κ1) is 17.1. The lowest BCUT2D eigenvalue weighted by atomic mass is 10.3. The van der Waals surface area contributed by atoms with Gasteiger partial charge in [-0.3, -0.25) is 0 Å². The van der Waals surface area contributed by atoms with Crippen molar-refractivity contribution >= 4 is 23.0 Å². The molecular weight excluding hydrogens is 308 g/mol. The SMILES string of the molecule is CCCNC(=S)Nc1ccc(Oc2ccc(OCC)cc2)cc1. The molecule has 4 nitrogen and oxygen atoms in total. The molecule has 2 rings (SSSR count). The summed E-state index contributed by atoms with van der Waals surface area (Å²) in [6.07, 6.45) is 1.04. The third-order valence-corrected chi connectivity index (χ3v) is 3.26. The van der Waals surface area contributed by atoms with Gasteiger partial charge in [-0.15, -0.1) is 0 Å².